The predicted octanol–water partition coefficient (Wildman–Crippen LogP) is 2.16. The fraction of sp³-hybridized carbons (Fsp3) is 0.533. The van der Waals surface area contributed by atoms with E-state index in [0.29, 0.717) is 6.61 Å². The number of rotatable bonds is 5. The van der Waals surface area contributed by atoms with Crippen LogP contribution in [0.3, 0.4) is 0 Å². The lowest BCUT2D eigenvalue weighted by Gasteiger charge is -2.20. The van der Waals surface area contributed by atoms with E-state index in [1.54, 1.807) is 0 Å². The van der Waals surface area contributed by atoms with Gasteiger partial charge in [-0.2, -0.15) is 0 Å². The standard InChI is InChI=1S/C15H21NO2/c1-15(9-10-16-12-15)14(17)18-11-5-8-13-6-3-2-4-7-13/h2-4,6-7,16H,5,8-12H2,1H3. The fourth-order valence-corrected chi connectivity index (χ4v) is 2.25. The molecule has 0 saturated carbocycles. The average molecular weight is 247 g/mol. The van der Waals surface area contributed by atoms with Gasteiger partial charge in [0.1, 0.15) is 0 Å². The van der Waals surface area contributed by atoms with Crippen LogP contribution in [0.15, 0.2) is 30.3 Å². The maximum Gasteiger partial charge on any atom is 0.313 e. The van der Waals surface area contributed by atoms with Crippen molar-refractivity contribution < 1.29 is 9.53 Å². The third kappa shape index (κ3) is 3.33. The van der Waals surface area contributed by atoms with Crippen LogP contribution in [-0.2, 0) is 16.0 Å². The molecule has 0 aromatic heterocycles. The largest absolute Gasteiger partial charge is 0.465 e. The van der Waals surface area contributed by atoms with Gasteiger partial charge >= 0.3 is 5.97 Å². The van der Waals surface area contributed by atoms with E-state index >= 15 is 0 Å². The Labute approximate surface area is 109 Å². The van der Waals surface area contributed by atoms with Crippen LogP contribution >= 0.6 is 0 Å². The molecule has 2 rings (SSSR count). The summed E-state index contributed by atoms with van der Waals surface area (Å²) in [5.41, 5.74) is 0.981. The van der Waals surface area contributed by atoms with Crippen LogP contribution in [0, 0.1) is 5.41 Å². The molecule has 3 heteroatoms. The highest BCUT2D eigenvalue weighted by Crippen LogP contribution is 2.26. The average Bonchev–Trinajstić information content (AvgIpc) is 2.84. The summed E-state index contributed by atoms with van der Waals surface area (Å²) in [6.45, 7) is 4.15. The molecule has 0 radical (unpaired) electrons. The minimum Gasteiger partial charge on any atom is -0.465 e. The zero-order chi connectivity index (χ0) is 12.8. The van der Waals surface area contributed by atoms with Crippen molar-refractivity contribution in [3.8, 4) is 0 Å². The highest BCUT2D eigenvalue weighted by Gasteiger charge is 2.37. The van der Waals surface area contributed by atoms with Gasteiger partial charge in [-0.1, -0.05) is 30.3 Å². The minimum absolute atomic E-state index is 0.0550. The summed E-state index contributed by atoms with van der Waals surface area (Å²) in [4.78, 5) is 11.9. The summed E-state index contributed by atoms with van der Waals surface area (Å²) in [6, 6.07) is 10.3. The zero-order valence-corrected chi connectivity index (χ0v) is 10.9. The first-order valence-electron chi connectivity index (χ1n) is 6.63. The molecule has 18 heavy (non-hydrogen) atoms. The van der Waals surface area contributed by atoms with Crippen molar-refractivity contribution in [3.63, 3.8) is 0 Å². The van der Waals surface area contributed by atoms with E-state index in [4.69, 9.17) is 4.74 Å². The van der Waals surface area contributed by atoms with E-state index in [-0.39, 0.29) is 11.4 Å². The van der Waals surface area contributed by atoms with Crippen LogP contribution in [0.4, 0.5) is 0 Å². The van der Waals surface area contributed by atoms with E-state index < -0.39 is 0 Å². The Hall–Kier alpha value is -1.35. The van der Waals surface area contributed by atoms with Crippen LogP contribution in [0.2, 0.25) is 0 Å². The van der Waals surface area contributed by atoms with Gasteiger partial charge in [-0.3, -0.25) is 4.79 Å². The second-order valence-electron chi connectivity index (χ2n) is 5.21. The van der Waals surface area contributed by atoms with Crippen molar-refractivity contribution in [1.82, 2.24) is 5.32 Å². The summed E-state index contributed by atoms with van der Waals surface area (Å²) < 4.78 is 5.37. The smallest absolute Gasteiger partial charge is 0.313 e. The third-order valence-corrected chi connectivity index (χ3v) is 3.55. The highest BCUT2D eigenvalue weighted by atomic mass is 16.5. The van der Waals surface area contributed by atoms with Crippen molar-refractivity contribution in [1.29, 1.82) is 0 Å². The van der Waals surface area contributed by atoms with E-state index in [1.807, 2.05) is 25.1 Å². The molecule has 1 atom stereocenters. The van der Waals surface area contributed by atoms with Gasteiger partial charge in [0.2, 0.25) is 0 Å². The fourth-order valence-electron chi connectivity index (χ4n) is 2.25. The molecule has 1 heterocycles. The molecule has 1 N–H and O–H groups in total. The number of hydrogen-bond acceptors (Lipinski definition) is 3. The second-order valence-corrected chi connectivity index (χ2v) is 5.21. The molecule has 1 unspecified atom stereocenters. The van der Waals surface area contributed by atoms with Gasteiger partial charge in [0.05, 0.1) is 12.0 Å². The lowest BCUT2D eigenvalue weighted by atomic mass is 9.90. The first-order chi connectivity index (χ1) is 8.71. The van der Waals surface area contributed by atoms with Gasteiger partial charge in [-0.15, -0.1) is 0 Å². The van der Waals surface area contributed by atoms with E-state index in [1.165, 1.54) is 5.56 Å². The molecule has 1 saturated heterocycles. The lowest BCUT2D eigenvalue weighted by Crippen LogP contribution is -2.32. The van der Waals surface area contributed by atoms with Crippen LogP contribution in [0.5, 0.6) is 0 Å². The number of aryl methyl sites for hydroxylation is 1. The van der Waals surface area contributed by atoms with Crippen LogP contribution in [0.25, 0.3) is 0 Å². The molecule has 98 valence electrons. The normalized spacial score (nSPS) is 22.9. The number of hydrogen-bond donors (Lipinski definition) is 1. The zero-order valence-electron chi connectivity index (χ0n) is 10.9. The quantitative estimate of drug-likeness (QED) is 0.640. The minimum atomic E-state index is -0.313. The number of esters is 1. The van der Waals surface area contributed by atoms with Gasteiger partial charge in [0, 0.05) is 6.54 Å². The molecule has 1 aromatic rings. The third-order valence-electron chi connectivity index (χ3n) is 3.55. The Morgan fingerprint density at radius 2 is 2.17 bits per heavy atom. The molecule has 1 aliphatic rings. The van der Waals surface area contributed by atoms with Crippen LogP contribution in [0.1, 0.15) is 25.3 Å². The molecule has 3 nitrogen and oxygen atoms in total. The summed E-state index contributed by atoms with van der Waals surface area (Å²) in [6.07, 6.45) is 2.73. The first-order valence-corrected chi connectivity index (χ1v) is 6.63. The molecular weight excluding hydrogens is 226 g/mol. The molecule has 1 fully saturated rings. The molecule has 0 bridgehead atoms. The predicted molar refractivity (Wildman–Crippen MR) is 71.3 cm³/mol. The number of carbonyl (C=O) groups is 1. The maximum atomic E-state index is 11.9. The first kappa shape index (κ1) is 13.1. The van der Waals surface area contributed by atoms with Gasteiger partial charge in [0.25, 0.3) is 0 Å². The van der Waals surface area contributed by atoms with Gasteiger partial charge in [-0.25, -0.2) is 0 Å². The molecule has 1 aliphatic heterocycles. The monoisotopic (exact) mass is 247 g/mol. The Morgan fingerprint density at radius 3 is 2.83 bits per heavy atom. The van der Waals surface area contributed by atoms with Gasteiger partial charge < -0.3 is 10.1 Å². The molecular formula is C15H21NO2. The van der Waals surface area contributed by atoms with Crippen LogP contribution in [-0.4, -0.2) is 25.7 Å². The van der Waals surface area contributed by atoms with Crippen molar-refractivity contribution in [3.05, 3.63) is 35.9 Å². The van der Waals surface area contributed by atoms with Crippen molar-refractivity contribution in [2.75, 3.05) is 19.7 Å². The molecule has 0 amide bonds. The lowest BCUT2D eigenvalue weighted by molar-refractivity contribution is -0.153. The summed E-state index contributed by atoms with van der Waals surface area (Å²) in [5.74, 6) is -0.0550. The topological polar surface area (TPSA) is 38.3 Å². The Bertz CT molecular complexity index is 383. The molecule has 0 aliphatic carbocycles. The van der Waals surface area contributed by atoms with Gasteiger partial charge in [-0.05, 0) is 38.3 Å². The summed E-state index contributed by atoms with van der Waals surface area (Å²) in [7, 11) is 0. The van der Waals surface area contributed by atoms with Gasteiger partial charge in [0.15, 0.2) is 0 Å². The maximum absolute atomic E-state index is 11.9. The second kappa shape index (κ2) is 6.01. The van der Waals surface area contributed by atoms with E-state index in [2.05, 4.69) is 17.4 Å². The van der Waals surface area contributed by atoms with Crippen molar-refractivity contribution in [2.24, 2.45) is 5.41 Å². The highest BCUT2D eigenvalue weighted by molar-refractivity contribution is 5.77. The molecule has 0 spiro atoms. The Kier molecular flexibility index (Phi) is 4.37. The van der Waals surface area contributed by atoms with E-state index in [9.17, 15) is 4.79 Å². The Balaban J connectivity index is 1.68. The number of ether oxygens (including phenoxy) is 1. The van der Waals surface area contributed by atoms with Crippen molar-refractivity contribution >= 4 is 5.97 Å². The summed E-state index contributed by atoms with van der Waals surface area (Å²) in [5, 5.41) is 3.21. The Morgan fingerprint density at radius 1 is 1.39 bits per heavy atom. The summed E-state index contributed by atoms with van der Waals surface area (Å²) >= 11 is 0. The van der Waals surface area contributed by atoms with Crippen LogP contribution < -0.4 is 5.32 Å². The van der Waals surface area contributed by atoms with E-state index in [0.717, 1.165) is 32.4 Å². The number of nitrogens with one attached hydrogen (secondary N) is 1. The number of carbonyl (C=O) groups excluding carboxylic acids is 1. The SMILES string of the molecule is CC1(C(=O)OCCCc2ccccc2)CCNC1. The molecule has 1 aromatic carbocycles. The van der Waals surface area contributed by atoms with Crippen molar-refractivity contribution in [2.45, 2.75) is 26.2 Å². The number of benzene rings is 1.